The van der Waals surface area contributed by atoms with Gasteiger partial charge < -0.3 is 14.5 Å². The molecule has 11 heteroatoms. The molecular weight excluding hydrogens is 584 g/mol. The van der Waals surface area contributed by atoms with Crippen LogP contribution in [-0.4, -0.2) is 68.5 Å². The summed E-state index contributed by atoms with van der Waals surface area (Å²) in [4.78, 5) is 11.0. The van der Waals surface area contributed by atoms with Gasteiger partial charge in [-0.1, -0.05) is 41.9 Å². The molecule has 1 saturated carbocycles. The van der Waals surface area contributed by atoms with Crippen LogP contribution in [0.2, 0.25) is 5.02 Å². The highest BCUT2D eigenvalue weighted by Gasteiger charge is 2.29. The highest BCUT2D eigenvalue weighted by Crippen LogP contribution is 2.39. The molecule has 6 rings (SSSR count). The Morgan fingerprint density at radius 1 is 1.05 bits per heavy atom. The van der Waals surface area contributed by atoms with Gasteiger partial charge in [0.1, 0.15) is 11.6 Å². The van der Waals surface area contributed by atoms with Crippen molar-refractivity contribution in [2.24, 2.45) is 5.92 Å². The fourth-order valence-electron chi connectivity index (χ4n) is 5.51. The molecule has 1 unspecified atom stereocenters. The van der Waals surface area contributed by atoms with Crippen LogP contribution in [0, 0.1) is 5.92 Å². The first-order chi connectivity index (χ1) is 20.3. The Hall–Kier alpha value is -3.05. The van der Waals surface area contributed by atoms with Gasteiger partial charge >= 0.3 is 6.61 Å². The Kier molecular flexibility index (Phi) is 8.49. The zero-order chi connectivity index (χ0) is 29.3. The summed E-state index contributed by atoms with van der Waals surface area (Å²) in [5.74, 6) is 1.08. The molecule has 2 fully saturated rings. The van der Waals surface area contributed by atoms with Gasteiger partial charge in [-0.15, -0.1) is 0 Å². The van der Waals surface area contributed by atoms with Crippen LogP contribution >= 0.6 is 11.6 Å². The van der Waals surface area contributed by atoms with Crippen molar-refractivity contribution in [2.45, 2.75) is 36.7 Å². The van der Waals surface area contributed by atoms with Gasteiger partial charge in [0.2, 0.25) is 0 Å². The number of H-pyrrole nitrogens is 1. The number of aromatic nitrogens is 2. The molecule has 1 saturated heterocycles. The lowest BCUT2D eigenvalue weighted by Gasteiger charge is -2.28. The molecule has 0 spiro atoms. The molecule has 3 aromatic carbocycles. The Labute approximate surface area is 248 Å². The second-order valence-corrected chi connectivity index (χ2v) is 13.4. The zero-order valence-corrected chi connectivity index (χ0v) is 24.5. The Balaban J connectivity index is 1.34. The molecular formula is C31H32ClF2N3O4S. The van der Waals surface area contributed by atoms with E-state index in [0.717, 1.165) is 50.3 Å². The molecule has 2 heterocycles. The van der Waals surface area contributed by atoms with Crippen LogP contribution in [0.25, 0.3) is 22.2 Å². The van der Waals surface area contributed by atoms with Crippen LogP contribution in [0.4, 0.5) is 8.78 Å². The number of morpholine rings is 1. The number of ether oxygens (including phenoxy) is 2. The second-order valence-electron chi connectivity index (χ2n) is 10.9. The molecule has 0 radical (unpaired) electrons. The van der Waals surface area contributed by atoms with Crippen LogP contribution in [-0.2, 0) is 14.6 Å². The van der Waals surface area contributed by atoms with Crippen molar-refractivity contribution in [3.05, 3.63) is 77.1 Å². The van der Waals surface area contributed by atoms with Gasteiger partial charge in [0.25, 0.3) is 0 Å². The monoisotopic (exact) mass is 615 g/mol. The summed E-state index contributed by atoms with van der Waals surface area (Å²) in [7, 11) is -3.32. The second kappa shape index (κ2) is 12.3. The van der Waals surface area contributed by atoms with Crippen LogP contribution in [0.5, 0.6) is 5.75 Å². The molecule has 1 aromatic heterocycles. The summed E-state index contributed by atoms with van der Waals surface area (Å²) in [6.45, 7) is 0.945. The SMILES string of the molecule is O=S(=O)(CC1CC1)c1ccc(C(CCN2CCOCC2)c2nc3cc(-c4ccccc4OC(F)F)c(Cl)cc3[nH]2)cc1. The number of benzene rings is 3. The Morgan fingerprint density at radius 2 is 1.79 bits per heavy atom. The van der Waals surface area contributed by atoms with Gasteiger partial charge in [0.15, 0.2) is 9.84 Å². The van der Waals surface area contributed by atoms with Gasteiger partial charge in [0.05, 0.1) is 39.9 Å². The van der Waals surface area contributed by atoms with Crippen LogP contribution < -0.4 is 4.74 Å². The highest BCUT2D eigenvalue weighted by atomic mass is 35.5. The third kappa shape index (κ3) is 6.62. The average Bonchev–Trinajstić information content (AvgIpc) is 3.69. The number of imidazole rings is 1. The number of alkyl halides is 2. The van der Waals surface area contributed by atoms with E-state index in [1.807, 2.05) is 12.1 Å². The predicted molar refractivity (Wildman–Crippen MR) is 158 cm³/mol. The number of nitrogens with zero attached hydrogens (tertiary/aromatic N) is 2. The van der Waals surface area contributed by atoms with E-state index in [-0.39, 0.29) is 23.3 Å². The molecule has 1 aliphatic heterocycles. The van der Waals surface area contributed by atoms with E-state index in [1.165, 1.54) is 6.07 Å². The van der Waals surface area contributed by atoms with Gasteiger partial charge in [-0.2, -0.15) is 8.78 Å². The smallest absolute Gasteiger partial charge is 0.387 e. The van der Waals surface area contributed by atoms with Crippen molar-refractivity contribution in [1.82, 2.24) is 14.9 Å². The lowest BCUT2D eigenvalue weighted by atomic mass is 9.94. The lowest BCUT2D eigenvalue weighted by Crippen LogP contribution is -2.37. The molecule has 42 heavy (non-hydrogen) atoms. The number of sulfone groups is 1. The molecule has 0 amide bonds. The topological polar surface area (TPSA) is 84.5 Å². The molecule has 7 nitrogen and oxygen atoms in total. The van der Waals surface area contributed by atoms with E-state index in [2.05, 4.69) is 9.88 Å². The summed E-state index contributed by atoms with van der Waals surface area (Å²) in [5.41, 5.74) is 3.28. The van der Waals surface area contributed by atoms with E-state index in [0.29, 0.717) is 45.3 Å². The maximum atomic E-state index is 13.1. The lowest BCUT2D eigenvalue weighted by molar-refractivity contribution is -0.0494. The van der Waals surface area contributed by atoms with Gasteiger partial charge in [-0.3, -0.25) is 4.90 Å². The van der Waals surface area contributed by atoms with E-state index in [1.54, 1.807) is 42.5 Å². The summed E-state index contributed by atoms with van der Waals surface area (Å²) >= 11 is 6.65. The third-order valence-corrected chi connectivity index (χ3v) is 10.2. The van der Waals surface area contributed by atoms with Crippen molar-refractivity contribution in [3.8, 4) is 16.9 Å². The number of halogens is 3. The fraction of sp³-hybridized carbons (Fsp3) is 0.387. The normalized spacial score (nSPS) is 17.1. The third-order valence-electron chi connectivity index (χ3n) is 7.94. The summed E-state index contributed by atoms with van der Waals surface area (Å²) in [6.07, 6.45) is 2.70. The summed E-state index contributed by atoms with van der Waals surface area (Å²) < 4.78 is 62.1. The number of nitrogens with one attached hydrogen (secondary N) is 1. The first kappa shape index (κ1) is 29.0. The standard InChI is InChI=1S/C31H32ClF2N3O4S/c32-26-18-28-27(17-25(26)24-3-1-2-4-29(24)41-31(33)34)35-30(36-28)23(11-12-37-13-15-40-16-14-37)21-7-9-22(10-8-21)42(38,39)19-20-5-6-20/h1-4,7-10,17-18,20,23,31H,5-6,11-16,19H2,(H,35,36). The predicted octanol–water partition coefficient (Wildman–Crippen LogP) is 6.52. The first-order valence-electron chi connectivity index (χ1n) is 14.1. The van der Waals surface area contributed by atoms with Crippen molar-refractivity contribution in [2.75, 3.05) is 38.6 Å². The van der Waals surface area contributed by atoms with E-state index >= 15 is 0 Å². The molecule has 4 aromatic rings. The molecule has 2 aliphatic rings. The minimum atomic E-state index is -3.32. The first-order valence-corrected chi connectivity index (χ1v) is 16.2. The summed E-state index contributed by atoms with van der Waals surface area (Å²) in [6, 6.07) is 17.2. The fourth-order valence-corrected chi connectivity index (χ4v) is 7.47. The van der Waals surface area contributed by atoms with Gasteiger partial charge in [-0.25, -0.2) is 13.4 Å². The van der Waals surface area contributed by atoms with E-state index in [4.69, 9.17) is 26.1 Å². The largest absolute Gasteiger partial charge is 0.434 e. The van der Waals surface area contributed by atoms with Crippen molar-refractivity contribution in [1.29, 1.82) is 0 Å². The number of hydrogen-bond acceptors (Lipinski definition) is 6. The van der Waals surface area contributed by atoms with Crippen LogP contribution in [0.1, 0.15) is 36.6 Å². The van der Waals surface area contributed by atoms with Crippen LogP contribution in [0.3, 0.4) is 0 Å². The zero-order valence-electron chi connectivity index (χ0n) is 22.9. The van der Waals surface area contributed by atoms with Gasteiger partial charge in [0, 0.05) is 30.1 Å². The average molecular weight is 616 g/mol. The van der Waals surface area contributed by atoms with Crippen molar-refractivity contribution < 1.29 is 26.7 Å². The molecule has 1 N–H and O–H groups in total. The van der Waals surface area contributed by atoms with Crippen LogP contribution in [0.15, 0.2) is 65.6 Å². The number of para-hydroxylation sites is 1. The van der Waals surface area contributed by atoms with Gasteiger partial charge in [-0.05, 0) is 67.6 Å². The van der Waals surface area contributed by atoms with Crippen molar-refractivity contribution >= 4 is 32.5 Å². The highest BCUT2D eigenvalue weighted by molar-refractivity contribution is 7.91. The number of fused-ring (bicyclic) bond motifs is 1. The maximum Gasteiger partial charge on any atom is 0.387 e. The van der Waals surface area contributed by atoms with Crippen molar-refractivity contribution in [3.63, 3.8) is 0 Å². The summed E-state index contributed by atoms with van der Waals surface area (Å²) in [5, 5.41) is 0.373. The molecule has 1 atom stereocenters. The Morgan fingerprint density at radius 3 is 2.50 bits per heavy atom. The Bertz CT molecular complexity index is 1650. The van der Waals surface area contributed by atoms with E-state index < -0.39 is 16.4 Å². The number of hydrogen-bond donors (Lipinski definition) is 1. The molecule has 222 valence electrons. The quantitative estimate of drug-likeness (QED) is 0.207. The molecule has 0 bridgehead atoms. The minimum Gasteiger partial charge on any atom is -0.434 e. The van der Waals surface area contributed by atoms with E-state index in [9.17, 15) is 17.2 Å². The number of aromatic amines is 1. The molecule has 1 aliphatic carbocycles. The number of rotatable bonds is 11. The minimum absolute atomic E-state index is 0.0321. The maximum absolute atomic E-state index is 13.1.